The number of aryl methyl sites for hydroxylation is 1. The molecule has 0 aliphatic carbocycles. The summed E-state index contributed by atoms with van der Waals surface area (Å²) in [4.78, 5) is 6.02. The number of pyridine rings is 1. The first-order valence-corrected chi connectivity index (χ1v) is 6.17. The zero-order valence-corrected chi connectivity index (χ0v) is 10.7. The number of halogens is 1. The topological polar surface area (TPSA) is 40.0 Å². The molecule has 0 atom stereocenters. The summed E-state index contributed by atoms with van der Waals surface area (Å²) in [7, 11) is 0. The second kappa shape index (κ2) is 4.46. The predicted octanol–water partition coefficient (Wildman–Crippen LogP) is 2.87. The van der Waals surface area contributed by atoms with Crippen molar-refractivity contribution in [3.8, 4) is 0 Å². The maximum Gasteiger partial charge on any atom is 0.129 e. The predicted molar refractivity (Wildman–Crippen MR) is 71.4 cm³/mol. The van der Waals surface area contributed by atoms with E-state index in [0.29, 0.717) is 24.5 Å². The summed E-state index contributed by atoms with van der Waals surface area (Å²) in [5, 5.41) is 8.15. The molecule has 2 aromatic rings. The number of rotatable bonds is 2. The van der Waals surface area contributed by atoms with E-state index in [9.17, 15) is 4.39 Å². The van der Waals surface area contributed by atoms with Gasteiger partial charge < -0.3 is 4.90 Å². The summed E-state index contributed by atoms with van der Waals surface area (Å²) in [6, 6.07) is 6.62. The number of benzene rings is 1. The maximum atomic E-state index is 13.2. The Balaban J connectivity index is 1.87. The van der Waals surface area contributed by atoms with E-state index in [4.69, 9.17) is 5.41 Å². The van der Waals surface area contributed by atoms with Crippen LogP contribution in [0.3, 0.4) is 0 Å². The van der Waals surface area contributed by atoms with E-state index in [1.807, 2.05) is 24.1 Å². The van der Waals surface area contributed by atoms with Gasteiger partial charge in [0.1, 0.15) is 11.7 Å². The van der Waals surface area contributed by atoms with Gasteiger partial charge in [-0.05, 0) is 41.8 Å². The molecular weight excluding hydrogens is 241 g/mol. The van der Waals surface area contributed by atoms with Gasteiger partial charge in [0.15, 0.2) is 0 Å². The van der Waals surface area contributed by atoms with Crippen LogP contribution in [0.2, 0.25) is 0 Å². The van der Waals surface area contributed by atoms with Gasteiger partial charge >= 0.3 is 0 Å². The molecule has 3 rings (SSSR count). The third-order valence-corrected chi connectivity index (χ3v) is 3.50. The number of nitrogens with zero attached hydrogens (tertiary/aromatic N) is 2. The summed E-state index contributed by atoms with van der Waals surface area (Å²) >= 11 is 0. The Morgan fingerprint density at radius 1 is 1.37 bits per heavy atom. The van der Waals surface area contributed by atoms with Crippen molar-refractivity contribution in [2.24, 2.45) is 0 Å². The molecule has 0 spiro atoms. The van der Waals surface area contributed by atoms with E-state index in [1.165, 1.54) is 12.1 Å². The monoisotopic (exact) mass is 255 g/mol. The van der Waals surface area contributed by atoms with Crippen LogP contribution in [0.25, 0.3) is 0 Å². The zero-order chi connectivity index (χ0) is 13.4. The molecule has 4 heteroatoms. The third kappa shape index (κ3) is 2.10. The van der Waals surface area contributed by atoms with Gasteiger partial charge in [-0.1, -0.05) is 6.07 Å². The van der Waals surface area contributed by atoms with Crippen molar-refractivity contribution in [1.82, 2.24) is 9.88 Å². The van der Waals surface area contributed by atoms with Crippen LogP contribution in [0.5, 0.6) is 0 Å². The van der Waals surface area contributed by atoms with Crippen LogP contribution in [-0.2, 0) is 13.1 Å². The van der Waals surface area contributed by atoms with Crippen LogP contribution in [-0.4, -0.2) is 15.7 Å². The van der Waals surface area contributed by atoms with Crippen LogP contribution in [0.4, 0.5) is 4.39 Å². The van der Waals surface area contributed by atoms with Crippen molar-refractivity contribution in [2.45, 2.75) is 20.0 Å². The van der Waals surface area contributed by atoms with E-state index < -0.39 is 0 Å². The molecule has 19 heavy (non-hydrogen) atoms. The van der Waals surface area contributed by atoms with Gasteiger partial charge in [-0.15, -0.1) is 0 Å². The van der Waals surface area contributed by atoms with Gasteiger partial charge in [-0.2, -0.15) is 0 Å². The lowest BCUT2D eigenvalue weighted by Gasteiger charge is -2.18. The smallest absolute Gasteiger partial charge is 0.129 e. The Morgan fingerprint density at radius 2 is 2.21 bits per heavy atom. The van der Waals surface area contributed by atoms with Gasteiger partial charge in [-0.3, -0.25) is 10.4 Å². The van der Waals surface area contributed by atoms with Crippen molar-refractivity contribution >= 4 is 5.84 Å². The van der Waals surface area contributed by atoms with Gasteiger partial charge in [-0.25, -0.2) is 4.39 Å². The highest BCUT2D eigenvalue weighted by molar-refractivity contribution is 6.00. The number of nitrogens with one attached hydrogen (secondary N) is 1. The minimum Gasteiger partial charge on any atom is -0.348 e. The van der Waals surface area contributed by atoms with Crippen molar-refractivity contribution in [3.05, 3.63) is 64.7 Å². The van der Waals surface area contributed by atoms with Crippen LogP contribution in [0.15, 0.2) is 36.7 Å². The van der Waals surface area contributed by atoms with E-state index in [-0.39, 0.29) is 5.82 Å². The van der Waals surface area contributed by atoms with Crippen molar-refractivity contribution in [2.75, 3.05) is 0 Å². The van der Waals surface area contributed by atoms with Gasteiger partial charge in [0.05, 0.1) is 0 Å². The highest BCUT2D eigenvalue weighted by Gasteiger charge is 2.24. The van der Waals surface area contributed by atoms with Crippen LogP contribution < -0.4 is 0 Å². The highest BCUT2D eigenvalue weighted by atomic mass is 19.1. The molecule has 0 unspecified atom stereocenters. The molecule has 2 heterocycles. The first kappa shape index (κ1) is 11.8. The maximum absolute atomic E-state index is 13.2. The van der Waals surface area contributed by atoms with E-state index in [1.54, 1.807) is 12.3 Å². The number of fused-ring (bicyclic) bond motifs is 1. The Labute approximate surface area is 111 Å². The first-order chi connectivity index (χ1) is 9.15. The number of amidine groups is 1. The fraction of sp³-hybridized carbons (Fsp3) is 0.200. The summed E-state index contributed by atoms with van der Waals surface area (Å²) in [5.74, 6) is 0.108. The number of hydrogen-bond acceptors (Lipinski definition) is 2. The molecular formula is C15H14FN3. The standard InChI is InChI=1S/C15H14FN3/c1-10-7-18-5-4-11(10)8-19-9-12-2-3-13(16)6-14(12)15(19)17/h2-7,17H,8-9H2,1H3. The fourth-order valence-corrected chi connectivity index (χ4v) is 2.38. The Bertz CT molecular complexity index is 652. The SMILES string of the molecule is Cc1cnccc1CN1Cc2ccc(F)cc2C1=N. The van der Waals surface area contributed by atoms with E-state index in [0.717, 1.165) is 16.7 Å². The molecule has 1 aliphatic heterocycles. The largest absolute Gasteiger partial charge is 0.348 e. The Morgan fingerprint density at radius 3 is 3.00 bits per heavy atom. The molecule has 1 aromatic carbocycles. The minimum absolute atomic E-state index is 0.287. The molecule has 1 N–H and O–H groups in total. The third-order valence-electron chi connectivity index (χ3n) is 3.50. The molecule has 1 aromatic heterocycles. The van der Waals surface area contributed by atoms with Crippen molar-refractivity contribution in [3.63, 3.8) is 0 Å². The Hall–Kier alpha value is -2.23. The average Bonchev–Trinajstić information content (AvgIpc) is 2.70. The summed E-state index contributed by atoms with van der Waals surface area (Å²) in [5.41, 5.74) is 3.97. The molecule has 0 saturated carbocycles. The lowest BCUT2D eigenvalue weighted by molar-refractivity contribution is 0.421. The molecule has 96 valence electrons. The van der Waals surface area contributed by atoms with E-state index >= 15 is 0 Å². The molecule has 0 fully saturated rings. The van der Waals surface area contributed by atoms with Crippen LogP contribution in [0, 0.1) is 18.2 Å². The fourth-order valence-electron chi connectivity index (χ4n) is 2.38. The molecule has 3 nitrogen and oxygen atoms in total. The van der Waals surface area contributed by atoms with Gasteiger partial charge in [0.2, 0.25) is 0 Å². The lowest BCUT2D eigenvalue weighted by atomic mass is 10.1. The van der Waals surface area contributed by atoms with Gasteiger partial charge in [0.25, 0.3) is 0 Å². The minimum atomic E-state index is -0.287. The van der Waals surface area contributed by atoms with Crippen molar-refractivity contribution in [1.29, 1.82) is 5.41 Å². The number of hydrogen-bond donors (Lipinski definition) is 1. The quantitative estimate of drug-likeness (QED) is 0.896. The normalized spacial score (nSPS) is 13.8. The zero-order valence-electron chi connectivity index (χ0n) is 10.7. The van der Waals surface area contributed by atoms with Crippen LogP contribution >= 0.6 is 0 Å². The van der Waals surface area contributed by atoms with E-state index in [2.05, 4.69) is 4.98 Å². The first-order valence-electron chi connectivity index (χ1n) is 6.17. The summed E-state index contributed by atoms with van der Waals surface area (Å²) < 4.78 is 13.2. The number of aromatic nitrogens is 1. The molecule has 0 radical (unpaired) electrons. The summed E-state index contributed by atoms with van der Waals surface area (Å²) in [6.45, 7) is 3.33. The molecule has 0 saturated heterocycles. The molecule has 0 bridgehead atoms. The highest BCUT2D eigenvalue weighted by Crippen LogP contribution is 2.25. The lowest BCUT2D eigenvalue weighted by Crippen LogP contribution is -2.23. The molecule has 0 amide bonds. The summed E-state index contributed by atoms with van der Waals surface area (Å²) in [6.07, 6.45) is 3.58. The second-order valence-electron chi connectivity index (χ2n) is 4.81. The average molecular weight is 255 g/mol. The van der Waals surface area contributed by atoms with Gasteiger partial charge in [0, 0.05) is 31.0 Å². The van der Waals surface area contributed by atoms with Crippen LogP contribution in [0.1, 0.15) is 22.3 Å². The molecule has 1 aliphatic rings. The Kier molecular flexibility index (Phi) is 2.78. The van der Waals surface area contributed by atoms with Crippen molar-refractivity contribution < 1.29 is 4.39 Å². The second-order valence-corrected chi connectivity index (χ2v) is 4.81.